The number of rotatable bonds is 3. The molecule has 4 heterocycles. The Morgan fingerprint density at radius 1 is 1.25 bits per heavy atom. The van der Waals surface area contributed by atoms with Crippen LogP contribution in [0.25, 0.3) is 0 Å². The Bertz CT molecular complexity index is 910. The maximum atomic E-state index is 11.9. The molecule has 1 amide bonds. The zero-order valence-electron chi connectivity index (χ0n) is 15.9. The lowest BCUT2D eigenvalue weighted by atomic mass is 9.75. The molecule has 0 fully saturated rings. The molecule has 28 heavy (non-hydrogen) atoms. The summed E-state index contributed by atoms with van der Waals surface area (Å²) in [4.78, 5) is 14.5. The highest BCUT2D eigenvalue weighted by Gasteiger charge is 2.37. The molecule has 0 saturated carbocycles. The number of thiophene rings is 1. The number of thioether (sulfide) groups is 1. The molecular weight excluding hydrogens is 388 g/mol. The average Bonchev–Trinajstić information content (AvgIpc) is 3.42. The zero-order chi connectivity index (χ0) is 19.1. The van der Waals surface area contributed by atoms with Crippen molar-refractivity contribution in [3.05, 3.63) is 57.1 Å². The number of nitrogens with one attached hydrogen (secondary N) is 1. The number of nitrogens with zero attached hydrogens (tertiary/aromatic N) is 1. The molecule has 1 aromatic carbocycles. The van der Waals surface area contributed by atoms with Gasteiger partial charge in [-0.1, -0.05) is 6.08 Å². The van der Waals surface area contributed by atoms with Crippen LogP contribution < -0.4 is 10.2 Å². The van der Waals surface area contributed by atoms with E-state index in [0.29, 0.717) is 17.8 Å². The van der Waals surface area contributed by atoms with Gasteiger partial charge in [-0.05, 0) is 75.7 Å². The number of ether oxygens (including phenoxy) is 1. The highest BCUT2D eigenvalue weighted by Crippen LogP contribution is 2.51. The van der Waals surface area contributed by atoms with Crippen LogP contribution in [0.2, 0.25) is 0 Å². The van der Waals surface area contributed by atoms with Gasteiger partial charge in [0.05, 0.1) is 7.11 Å². The minimum Gasteiger partial charge on any atom is -0.453 e. The smallest absolute Gasteiger partial charge is 0.411 e. The van der Waals surface area contributed by atoms with Crippen LogP contribution in [0.4, 0.5) is 16.2 Å². The van der Waals surface area contributed by atoms with Crippen LogP contribution in [0, 0.1) is 5.92 Å². The molecule has 0 aliphatic carbocycles. The second-order valence-electron chi connectivity index (χ2n) is 7.73. The van der Waals surface area contributed by atoms with Gasteiger partial charge in [0, 0.05) is 36.1 Å². The van der Waals surface area contributed by atoms with Crippen molar-refractivity contribution in [2.24, 2.45) is 5.92 Å². The summed E-state index contributed by atoms with van der Waals surface area (Å²) in [5.41, 5.74) is 6.41. The maximum Gasteiger partial charge on any atom is 0.411 e. The molecule has 0 radical (unpaired) electrons. The van der Waals surface area contributed by atoms with Crippen LogP contribution in [0.3, 0.4) is 0 Å². The van der Waals surface area contributed by atoms with Crippen LogP contribution in [0.1, 0.15) is 41.4 Å². The van der Waals surface area contributed by atoms with Gasteiger partial charge in [0.1, 0.15) is 0 Å². The summed E-state index contributed by atoms with van der Waals surface area (Å²) in [5.74, 6) is 2.63. The van der Waals surface area contributed by atoms with Gasteiger partial charge in [0.25, 0.3) is 0 Å². The molecule has 2 aromatic rings. The van der Waals surface area contributed by atoms with Crippen molar-refractivity contribution >= 4 is 40.6 Å². The fraction of sp³-hybridized carbons (Fsp3) is 0.409. The van der Waals surface area contributed by atoms with Gasteiger partial charge < -0.3 is 9.64 Å². The molecule has 3 aliphatic rings. The van der Waals surface area contributed by atoms with Crippen molar-refractivity contribution in [3.63, 3.8) is 0 Å². The summed E-state index contributed by atoms with van der Waals surface area (Å²) in [5, 5.41) is 9.60. The Kier molecular flexibility index (Phi) is 4.85. The highest BCUT2D eigenvalue weighted by molar-refractivity contribution is 8.02. The summed E-state index contributed by atoms with van der Waals surface area (Å²) < 4.78 is 4.86. The van der Waals surface area contributed by atoms with Gasteiger partial charge in [-0.2, -0.15) is 11.3 Å². The molecule has 0 bridgehead atoms. The Morgan fingerprint density at radius 2 is 2.11 bits per heavy atom. The highest BCUT2D eigenvalue weighted by atomic mass is 32.2. The molecule has 3 aliphatic heterocycles. The SMILES string of the molecule is COC(=O)Nc1cc2c3c(c1)C(C1C=CSC1)CCN3CCC2c1ccsc1. The second kappa shape index (κ2) is 7.48. The third-order valence-electron chi connectivity index (χ3n) is 6.26. The summed E-state index contributed by atoms with van der Waals surface area (Å²) in [7, 11) is 1.41. The summed E-state index contributed by atoms with van der Waals surface area (Å²) in [6.07, 6.45) is 4.26. The molecule has 0 spiro atoms. The number of anilines is 2. The lowest BCUT2D eigenvalue weighted by Crippen LogP contribution is -2.38. The van der Waals surface area contributed by atoms with E-state index < -0.39 is 6.09 Å². The van der Waals surface area contributed by atoms with Gasteiger partial charge in [-0.25, -0.2) is 4.79 Å². The van der Waals surface area contributed by atoms with Crippen LogP contribution >= 0.6 is 23.1 Å². The molecule has 1 N–H and O–H groups in total. The number of amides is 1. The van der Waals surface area contributed by atoms with Crippen LogP contribution in [-0.4, -0.2) is 32.0 Å². The summed E-state index contributed by atoms with van der Waals surface area (Å²) in [6, 6.07) is 6.61. The first-order valence-electron chi connectivity index (χ1n) is 9.82. The first kappa shape index (κ1) is 18.1. The monoisotopic (exact) mass is 412 g/mol. The third kappa shape index (κ3) is 3.12. The van der Waals surface area contributed by atoms with E-state index in [1.807, 2.05) is 11.8 Å². The predicted molar refractivity (Wildman–Crippen MR) is 118 cm³/mol. The van der Waals surface area contributed by atoms with E-state index in [-0.39, 0.29) is 0 Å². The van der Waals surface area contributed by atoms with Crippen molar-refractivity contribution in [1.82, 2.24) is 0 Å². The van der Waals surface area contributed by atoms with Gasteiger partial charge in [0.15, 0.2) is 0 Å². The van der Waals surface area contributed by atoms with Gasteiger partial charge >= 0.3 is 6.09 Å². The molecule has 5 rings (SSSR count). The van der Waals surface area contributed by atoms with Gasteiger partial charge in [-0.3, -0.25) is 5.32 Å². The van der Waals surface area contributed by atoms with Crippen LogP contribution in [0.5, 0.6) is 0 Å². The molecule has 146 valence electrons. The third-order valence-corrected chi connectivity index (χ3v) is 7.89. The average molecular weight is 413 g/mol. The Morgan fingerprint density at radius 3 is 2.86 bits per heavy atom. The van der Waals surface area contributed by atoms with Gasteiger partial charge in [-0.15, -0.1) is 11.8 Å². The van der Waals surface area contributed by atoms with Crippen molar-refractivity contribution in [3.8, 4) is 0 Å². The van der Waals surface area contributed by atoms with E-state index in [4.69, 9.17) is 4.74 Å². The number of carbonyl (C=O) groups is 1. The van der Waals surface area contributed by atoms with Crippen LogP contribution in [-0.2, 0) is 4.74 Å². The Hall–Kier alpha value is -1.92. The largest absolute Gasteiger partial charge is 0.453 e. The number of methoxy groups -OCH3 is 1. The van der Waals surface area contributed by atoms with Crippen molar-refractivity contribution in [2.75, 3.05) is 36.2 Å². The second-order valence-corrected chi connectivity index (χ2v) is 9.44. The first-order chi connectivity index (χ1) is 13.7. The van der Waals surface area contributed by atoms with E-state index in [0.717, 1.165) is 31.0 Å². The summed E-state index contributed by atoms with van der Waals surface area (Å²) in [6.45, 7) is 2.23. The van der Waals surface area contributed by atoms with E-state index in [9.17, 15) is 4.79 Å². The molecule has 1 aromatic heterocycles. The number of hydrogen-bond acceptors (Lipinski definition) is 5. The minimum atomic E-state index is -0.407. The van der Waals surface area contributed by atoms with Crippen molar-refractivity contribution in [2.45, 2.75) is 24.7 Å². The first-order valence-corrected chi connectivity index (χ1v) is 11.8. The summed E-state index contributed by atoms with van der Waals surface area (Å²) >= 11 is 3.67. The lowest BCUT2D eigenvalue weighted by molar-refractivity contribution is 0.187. The number of hydrogen-bond donors (Lipinski definition) is 1. The Balaban J connectivity index is 1.64. The Labute approximate surface area is 174 Å². The molecule has 3 atom stereocenters. The lowest BCUT2D eigenvalue weighted by Gasteiger charge is -2.44. The molecule has 4 nitrogen and oxygen atoms in total. The standard InChI is InChI=1S/C22H24N2O2S2/c1-26-22(25)23-16-10-19-17(14-4-8-27-12-14)2-6-24-7-3-18(15-5-9-28-13-15)20(11-16)21(19)24/h4-5,8-12,15,17-18H,2-3,6-7,13H2,1H3,(H,23,25). The van der Waals surface area contributed by atoms with E-state index in [1.165, 1.54) is 35.9 Å². The molecular formula is C22H24N2O2S2. The minimum absolute atomic E-state index is 0.392. The quantitative estimate of drug-likeness (QED) is 0.709. The maximum absolute atomic E-state index is 11.9. The topological polar surface area (TPSA) is 41.6 Å². The van der Waals surface area contributed by atoms with Crippen LogP contribution in [0.15, 0.2) is 40.4 Å². The zero-order valence-corrected chi connectivity index (χ0v) is 17.5. The number of allylic oxidation sites excluding steroid dienone is 1. The fourth-order valence-corrected chi connectivity index (χ4v) is 6.66. The number of benzene rings is 1. The van der Waals surface area contributed by atoms with E-state index >= 15 is 0 Å². The van der Waals surface area contributed by atoms with Crippen molar-refractivity contribution in [1.29, 1.82) is 0 Å². The molecule has 0 saturated heterocycles. The molecule has 6 heteroatoms. The fourth-order valence-electron chi connectivity index (χ4n) is 4.95. The predicted octanol–water partition coefficient (Wildman–Crippen LogP) is 5.63. The number of carbonyl (C=O) groups excluding carboxylic acids is 1. The normalized spacial score (nSPS) is 25.5. The van der Waals surface area contributed by atoms with Crippen molar-refractivity contribution < 1.29 is 9.53 Å². The van der Waals surface area contributed by atoms with E-state index in [1.54, 1.807) is 11.3 Å². The molecule has 3 unspecified atom stereocenters. The van der Waals surface area contributed by atoms with E-state index in [2.05, 4.69) is 50.7 Å². The van der Waals surface area contributed by atoms with Gasteiger partial charge in [0.2, 0.25) is 0 Å².